The normalized spacial score (nSPS) is 12.0. The van der Waals surface area contributed by atoms with E-state index in [-0.39, 0.29) is 0 Å². The number of rotatable bonds is 4. The predicted molar refractivity (Wildman–Crippen MR) is 58.2 cm³/mol. The Morgan fingerprint density at radius 1 is 1.18 bits per heavy atom. The Labute approximate surface area is 119 Å². The van der Waals surface area contributed by atoms with Crippen molar-refractivity contribution in [2.45, 2.75) is 19.0 Å². The number of methoxy groups -OCH3 is 2. The fourth-order valence-corrected chi connectivity index (χ4v) is 1.50. The number of hydrogen-bond donors (Lipinski definition) is 0. The van der Waals surface area contributed by atoms with Crippen molar-refractivity contribution in [1.82, 2.24) is 4.98 Å². The summed E-state index contributed by atoms with van der Waals surface area (Å²) >= 11 is 0. The van der Waals surface area contributed by atoms with Gasteiger partial charge in [-0.15, -0.1) is 13.2 Å². The Kier molecular flexibility index (Phi) is 5.09. The largest absolute Gasteiger partial charge is 0.573 e. The molecule has 124 valence electrons. The van der Waals surface area contributed by atoms with Crippen LogP contribution >= 0.6 is 0 Å². The van der Waals surface area contributed by atoms with Gasteiger partial charge in [0.2, 0.25) is 0 Å². The molecule has 0 N–H and O–H groups in total. The van der Waals surface area contributed by atoms with Crippen LogP contribution in [0.2, 0.25) is 0 Å². The molecule has 0 bridgehead atoms. The molecule has 0 atom stereocenters. The van der Waals surface area contributed by atoms with Crippen LogP contribution in [0, 0.1) is 0 Å². The van der Waals surface area contributed by atoms with Crippen molar-refractivity contribution >= 4 is 5.97 Å². The number of nitrogens with zero attached hydrogens (tertiary/aromatic N) is 1. The molecule has 22 heavy (non-hydrogen) atoms. The second kappa shape index (κ2) is 6.28. The Bertz CT molecular complexity index is 555. The van der Waals surface area contributed by atoms with E-state index in [0.29, 0.717) is 6.20 Å². The van der Waals surface area contributed by atoms with Crippen molar-refractivity contribution < 1.29 is 45.3 Å². The van der Waals surface area contributed by atoms with Gasteiger partial charge in [-0.25, -0.2) is 4.98 Å². The third-order valence-electron chi connectivity index (χ3n) is 2.35. The van der Waals surface area contributed by atoms with E-state index in [1.165, 1.54) is 0 Å². The quantitative estimate of drug-likeness (QED) is 0.626. The zero-order valence-corrected chi connectivity index (χ0v) is 11.1. The zero-order valence-electron chi connectivity index (χ0n) is 11.1. The maximum absolute atomic E-state index is 12.8. The van der Waals surface area contributed by atoms with Crippen molar-refractivity contribution in [2.75, 3.05) is 14.2 Å². The summed E-state index contributed by atoms with van der Waals surface area (Å²) in [5, 5.41) is 0. The molecule has 0 amide bonds. The molecule has 0 aliphatic carbocycles. The highest BCUT2D eigenvalue weighted by Crippen LogP contribution is 2.42. The maximum atomic E-state index is 12.8. The summed E-state index contributed by atoms with van der Waals surface area (Å²) in [5.41, 5.74) is -2.70. The third-order valence-corrected chi connectivity index (χ3v) is 2.35. The molecule has 11 heteroatoms. The number of esters is 1. The first-order valence-corrected chi connectivity index (χ1v) is 5.45. The fraction of sp³-hybridized carbons (Fsp3) is 0.455. The van der Waals surface area contributed by atoms with Crippen LogP contribution in [0.3, 0.4) is 0 Å². The Balaban J connectivity index is 3.55. The Morgan fingerprint density at radius 3 is 2.18 bits per heavy atom. The lowest BCUT2D eigenvalue weighted by Crippen LogP contribution is -2.23. The lowest BCUT2D eigenvalue weighted by molar-refractivity contribution is -0.276. The molecule has 1 heterocycles. The topological polar surface area (TPSA) is 57.7 Å². The molecule has 0 spiro atoms. The number of carbonyl (C=O) groups is 1. The van der Waals surface area contributed by atoms with E-state index in [1.807, 2.05) is 0 Å². The molecular weight excluding hydrogens is 324 g/mol. The second-order valence-corrected chi connectivity index (χ2v) is 3.78. The molecular formula is C11H9F6NO4. The minimum absolute atomic E-state index is 0.474. The number of ether oxygens (including phenoxy) is 3. The van der Waals surface area contributed by atoms with Crippen molar-refractivity contribution in [1.29, 1.82) is 0 Å². The van der Waals surface area contributed by atoms with Crippen LogP contribution in [0.1, 0.15) is 11.3 Å². The van der Waals surface area contributed by atoms with Crippen LogP contribution in [0.15, 0.2) is 6.20 Å². The van der Waals surface area contributed by atoms with E-state index < -0.39 is 47.7 Å². The molecule has 0 unspecified atom stereocenters. The molecule has 0 aliphatic heterocycles. The number of alkyl halides is 6. The van der Waals surface area contributed by atoms with Crippen molar-refractivity contribution in [3.05, 3.63) is 17.5 Å². The van der Waals surface area contributed by atoms with E-state index in [9.17, 15) is 31.1 Å². The van der Waals surface area contributed by atoms with Crippen molar-refractivity contribution in [3.8, 4) is 11.5 Å². The maximum Gasteiger partial charge on any atom is 0.573 e. The van der Waals surface area contributed by atoms with Gasteiger partial charge in [-0.1, -0.05) is 0 Å². The monoisotopic (exact) mass is 333 g/mol. The summed E-state index contributed by atoms with van der Waals surface area (Å²) in [6, 6.07) is 0. The van der Waals surface area contributed by atoms with Gasteiger partial charge in [-0.3, -0.25) is 4.79 Å². The summed E-state index contributed by atoms with van der Waals surface area (Å²) in [5.74, 6) is -3.20. The first-order chi connectivity index (χ1) is 9.99. The van der Waals surface area contributed by atoms with Crippen LogP contribution in [-0.4, -0.2) is 31.5 Å². The molecule has 5 nitrogen and oxygen atoms in total. The lowest BCUT2D eigenvalue weighted by Gasteiger charge is -2.19. The standard InChI is InChI=1S/C11H9F6NO4/c1-20-6-4-18-9(10(12,13)14)8(22-11(15,16)17)5(6)3-7(19)21-2/h4H,3H2,1-2H3. The van der Waals surface area contributed by atoms with Crippen LogP contribution in [-0.2, 0) is 22.1 Å². The molecule has 1 aromatic heterocycles. The van der Waals surface area contributed by atoms with E-state index in [0.717, 1.165) is 14.2 Å². The second-order valence-electron chi connectivity index (χ2n) is 3.78. The highest BCUT2D eigenvalue weighted by molar-refractivity contribution is 5.75. The molecule has 0 fully saturated rings. The minimum atomic E-state index is -5.42. The zero-order chi connectivity index (χ0) is 17.1. The van der Waals surface area contributed by atoms with Gasteiger partial charge in [0.1, 0.15) is 5.75 Å². The molecule has 0 aromatic carbocycles. The Hall–Kier alpha value is -2.20. The summed E-state index contributed by atoms with van der Waals surface area (Å²) in [4.78, 5) is 14.1. The molecule has 0 aliphatic rings. The van der Waals surface area contributed by atoms with Crippen molar-refractivity contribution in [2.24, 2.45) is 0 Å². The molecule has 0 radical (unpaired) electrons. The number of carbonyl (C=O) groups excluding carboxylic acids is 1. The summed E-state index contributed by atoms with van der Waals surface area (Å²) in [6.45, 7) is 0. The molecule has 0 saturated heterocycles. The lowest BCUT2D eigenvalue weighted by atomic mass is 10.1. The van der Waals surface area contributed by atoms with Gasteiger partial charge < -0.3 is 14.2 Å². The minimum Gasteiger partial charge on any atom is -0.495 e. The fourth-order valence-electron chi connectivity index (χ4n) is 1.50. The van der Waals surface area contributed by atoms with E-state index in [1.54, 1.807) is 0 Å². The summed E-state index contributed by atoms with van der Waals surface area (Å²) in [6.07, 6.45) is -11.0. The molecule has 0 saturated carbocycles. The third kappa shape index (κ3) is 4.40. The van der Waals surface area contributed by atoms with E-state index in [2.05, 4.69) is 19.2 Å². The smallest absolute Gasteiger partial charge is 0.495 e. The summed E-state index contributed by atoms with van der Waals surface area (Å²) in [7, 11) is 1.91. The van der Waals surface area contributed by atoms with Crippen LogP contribution < -0.4 is 9.47 Å². The van der Waals surface area contributed by atoms with Gasteiger partial charge in [0.25, 0.3) is 0 Å². The Morgan fingerprint density at radius 2 is 1.77 bits per heavy atom. The van der Waals surface area contributed by atoms with Crippen molar-refractivity contribution in [3.63, 3.8) is 0 Å². The van der Waals surface area contributed by atoms with E-state index >= 15 is 0 Å². The SMILES string of the molecule is COC(=O)Cc1c(OC)cnc(C(F)(F)F)c1OC(F)(F)F. The first-order valence-electron chi connectivity index (χ1n) is 5.45. The van der Waals surface area contributed by atoms with Gasteiger partial charge in [0.15, 0.2) is 11.4 Å². The van der Waals surface area contributed by atoms with Gasteiger partial charge in [-0.05, 0) is 0 Å². The first kappa shape index (κ1) is 17.9. The predicted octanol–water partition coefficient (Wildman–Crippen LogP) is 2.72. The number of pyridine rings is 1. The highest BCUT2D eigenvalue weighted by Gasteiger charge is 2.43. The van der Waals surface area contributed by atoms with Gasteiger partial charge in [0, 0.05) is 0 Å². The average molecular weight is 333 g/mol. The van der Waals surface area contributed by atoms with Gasteiger partial charge >= 0.3 is 18.5 Å². The number of hydrogen-bond acceptors (Lipinski definition) is 5. The molecule has 1 rings (SSSR count). The molecule has 1 aromatic rings. The highest BCUT2D eigenvalue weighted by atomic mass is 19.4. The van der Waals surface area contributed by atoms with Crippen LogP contribution in [0.5, 0.6) is 11.5 Å². The van der Waals surface area contributed by atoms with Crippen LogP contribution in [0.25, 0.3) is 0 Å². The number of aromatic nitrogens is 1. The van der Waals surface area contributed by atoms with E-state index in [4.69, 9.17) is 0 Å². The van der Waals surface area contributed by atoms with Gasteiger partial charge in [-0.2, -0.15) is 13.2 Å². The summed E-state index contributed by atoms with van der Waals surface area (Å²) < 4.78 is 87.8. The van der Waals surface area contributed by atoms with Crippen LogP contribution in [0.4, 0.5) is 26.3 Å². The number of halogens is 6. The van der Waals surface area contributed by atoms with Gasteiger partial charge in [0.05, 0.1) is 32.4 Å². The average Bonchev–Trinajstić information content (AvgIpc) is 2.37.